The number of Topliss-reactive ketones (excluding diaryl/α,β-unsaturated/α-hetero) is 1. The number of methoxy groups -OCH3 is 1. The summed E-state index contributed by atoms with van der Waals surface area (Å²) in [7, 11) is 5.21. The molecule has 0 aromatic carbocycles. The molecule has 378 valence electrons. The number of nitrogens with zero attached hydrogens (tertiary/aromatic N) is 1. The zero-order chi connectivity index (χ0) is 50.1. The van der Waals surface area contributed by atoms with Gasteiger partial charge in [0, 0.05) is 50.4 Å². The zero-order valence-corrected chi connectivity index (χ0v) is 41.9. The van der Waals surface area contributed by atoms with Crippen molar-refractivity contribution in [2.75, 3.05) is 27.0 Å². The van der Waals surface area contributed by atoms with E-state index in [1.807, 2.05) is 25.9 Å². The molecule has 19 atom stereocenters. The first kappa shape index (κ1) is 58.6. The van der Waals surface area contributed by atoms with E-state index in [4.69, 9.17) is 38.3 Å². The number of carboxylic acids is 1. The largest absolute Gasteiger partial charge is 0.480 e. The number of likely N-dealkylation sites (N-methyl/N-ethyl adjacent to an activating group) is 1. The normalized spacial score (nSPS) is 41.5. The molecule has 0 aromatic heterocycles. The molecule has 1 unspecified atom stereocenters. The second-order valence-corrected chi connectivity index (χ2v) is 19.4. The summed E-state index contributed by atoms with van der Waals surface area (Å²) < 4.78 is 43.6. The summed E-state index contributed by atoms with van der Waals surface area (Å²) >= 11 is 3.73. The number of cyclic esters (lactones) is 1. The van der Waals surface area contributed by atoms with Crippen molar-refractivity contribution >= 4 is 42.2 Å². The molecule has 3 heterocycles. The number of carbonyl (C=O) groups excluding carboxylic acids is 4. The molecule has 1 amide bonds. The van der Waals surface area contributed by atoms with Gasteiger partial charge in [0.05, 0.1) is 53.7 Å². The number of aliphatic hydroxyl groups excluding tert-OH is 2. The first-order valence-corrected chi connectivity index (χ1v) is 23.3. The van der Waals surface area contributed by atoms with Crippen LogP contribution in [0.2, 0.25) is 0 Å². The van der Waals surface area contributed by atoms with Crippen LogP contribution < -0.4 is 5.32 Å². The van der Waals surface area contributed by atoms with Crippen LogP contribution in [0.1, 0.15) is 115 Å². The number of nitrogens with one attached hydrogen (secondary N) is 1. The Balaban J connectivity index is 0.00000129. The van der Waals surface area contributed by atoms with Gasteiger partial charge in [0.25, 0.3) is 0 Å². The van der Waals surface area contributed by atoms with E-state index < -0.39 is 126 Å². The van der Waals surface area contributed by atoms with Crippen LogP contribution in [0.15, 0.2) is 0 Å². The van der Waals surface area contributed by atoms with Crippen molar-refractivity contribution in [1.82, 2.24) is 10.2 Å². The predicted octanol–water partition coefficient (Wildman–Crippen LogP) is 2.25. The lowest BCUT2D eigenvalue weighted by Gasteiger charge is -2.49. The number of carbonyl (C=O) groups is 5. The standard InChI is InChI=1S/C40H71NO14.C5H9NO3S/c1-15-27-40(11,48)33(44)22(5)30(43)20(3)18-38(9,47)35(55-37-32(53-28(42)16-2)26(41(12)13)17-21(4)50-37)23(6)31(24(7)36(46)52-27)54-29-19-39(10,49-14)34(45)25(8)51-29;1-3(7)6-4(2-10)5(8)9/h20-27,29,31-35,37,44-45,47-48H,15-19H2,1-14H3;4,10H,2H2,1H3,(H,6,7)(H,8,9)/t20-,21+,22+,23+,24-,25+,26-,27-,29+,31+,32+,33-,34+,35-,37-,38-,39-,40-;/m1./s1. The van der Waals surface area contributed by atoms with Gasteiger partial charge in [-0.15, -0.1) is 0 Å². The Morgan fingerprint density at radius 2 is 1.52 bits per heavy atom. The number of esters is 2. The molecule has 3 aliphatic rings. The smallest absolute Gasteiger partial charge is 0.327 e. The third-order valence-corrected chi connectivity index (χ3v) is 13.6. The predicted molar refractivity (Wildman–Crippen MR) is 240 cm³/mol. The maximum Gasteiger partial charge on any atom is 0.327 e. The van der Waals surface area contributed by atoms with Gasteiger partial charge < -0.3 is 68.9 Å². The van der Waals surface area contributed by atoms with Crippen LogP contribution in [0.4, 0.5) is 0 Å². The maximum absolute atomic E-state index is 14.2. The van der Waals surface area contributed by atoms with E-state index in [0.717, 1.165) is 0 Å². The summed E-state index contributed by atoms with van der Waals surface area (Å²) in [6.45, 7) is 19.3. The highest BCUT2D eigenvalue weighted by atomic mass is 32.1. The van der Waals surface area contributed by atoms with Crippen LogP contribution in [0.5, 0.6) is 0 Å². The van der Waals surface area contributed by atoms with E-state index in [1.165, 1.54) is 34.8 Å². The average molecular weight is 953 g/mol. The molecule has 3 fully saturated rings. The summed E-state index contributed by atoms with van der Waals surface area (Å²) in [4.78, 5) is 63.4. The Morgan fingerprint density at radius 3 is 2.00 bits per heavy atom. The molecule has 0 spiro atoms. The molecule has 0 aliphatic carbocycles. The number of hydrogen-bond donors (Lipinski definition) is 7. The molecule has 3 aliphatic heterocycles. The van der Waals surface area contributed by atoms with Crippen LogP contribution in [-0.2, 0) is 57.1 Å². The van der Waals surface area contributed by atoms with Crippen LogP contribution in [0, 0.1) is 23.7 Å². The number of hydrogen-bond acceptors (Lipinski definition) is 18. The van der Waals surface area contributed by atoms with Crippen molar-refractivity contribution in [2.24, 2.45) is 23.7 Å². The van der Waals surface area contributed by atoms with E-state index in [2.05, 4.69) is 17.9 Å². The van der Waals surface area contributed by atoms with Crippen molar-refractivity contribution in [3.8, 4) is 0 Å². The monoisotopic (exact) mass is 953 g/mol. The molecule has 0 aromatic rings. The summed E-state index contributed by atoms with van der Waals surface area (Å²) in [5.74, 6) is -6.91. The van der Waals surface area contributed by atoms with Gasteiger partial charge in [-0.2, -0.15) is 12.6 Å². The minimum Gasteiger partial charge on any atom is -0.480 e. The summed E-state index contributed by atoms with van der Waals surface area (Å²) in [6.07, 6.45) is -9.68. The van der Waals surface area contributed by atoms with E-state index in [9.17, 15) is 44.4 Å². The van der Waals surface area contributed by atoms with Gasteiger partial charge >= 0.3 is 17.9 Å². The number of aliphatic carboxylic acids is 1. The van der Waals surface area contributed by atoms with E-state index in [0.29, 0.717) is 6.42 Å². The quantitative estimate of drug-likeness (QED) is 0.109. The number of aliphatic hydroxyl groups is 4. The molecule has 19 nitrogen and oxygen atoms in total. The Morgan fingerprint density at radius 1 is 0.923 bits per heavy atom. The van der Waals surface area contributed by atoms with Crippen molar-refractivity contribution in [1.29, 1.82) is 0 Å². The Hall–Kier alpha value is -2.50. The summed E-state index contributed by atoms with van der Waals surface area (Å²) in [5, 5.41) is 57.1. The Kier molecular flexibility index (Phi) is 22.3. The lowest BCUT2D eigenvalue weighted by Crippen LogP contribution is -2.61. The van der Waals surface area contributed by atoms with E-state index in [1.54, 1.807) is 48.5 Å². The summed E-state index contributed by atoms with van der Waals surface area (Å²) in [5.41, 5.74) is -4.92. The Labute approximate surface area is 390 Å². The van der Waals surface area contributed by atoms with Gasteiger partial charge in [-0.1, -0.05) is 34.6 Å². The topological polar surface area (TPSA) is 266 Å². The van der Waals surface area contributed by atoms with Crippen LogP contribution >= 0.6 is 12.6 Å². The van der Waals surface area contributed by atoms with Gasteiger partial charge in [-0.25, -0.2) is 4.79 Å². The molecule has 65 heavy (non-hydrogen) atoms. The van der Waals surface area contributed by atoms with Crippen molar-refractivity contribution < 1.29 is 82.7 Å². The van der Waals surface area contributed by atoms with Gasteiger partial charge in [-0.05, 0) is 74.9 Å². The molecule has 0 saturated carbocycles. The lowest BCUT2D eigenvalue weighted by molar-refractivity contribution is -0.319. The highest BCUT2D eigenvalue weighted by Gasteiger charge is 2.54. The molecule has 3 rings (SSSR count). The number of rotatable bonds is 12. The third-order valence-electron chi connectivity index (χ3n) is 13.2. The van der Waals surface area contributed by atoms with Crippen molar-refractivity contribution in [3.05, 3.63) is 0 Å². The highest BCUT2D eigenvalue weighted by Crippen LogP contribution is 2.41. The zero-order valence-electron chi connectivity index (χ0n) is 41.0. The first-order valence-electron chi connectivity index (χ1n) is 22.6. The number of ether oxygens (including phenoxy) is 7. The number of thiol groups is 1. The fraction of sp³-hybridized carbons (Fsp3) is 0.889. The molecule has 6 N–H and O–H groups in total. The van der Waals surface area contributed by atoms with E-state index in [-0.39, 0.29) is 49.5 Å². The van der Waals surface area contributed by atoms with E-state index >= 15 is 0 Å². The first-order chi connectivity index (χ1) is 29.9. The minimum absolute atomic E-state index is 0.0760. The second-order valence-electron chi connectivity index (χ2n) is 19.1. The molecular weight excluding hydrogens is 873 g/mol. The summed E-state index contributed by atoms with van der Waals surface area (Å²) in [6, 6.07) is -1.19. The SMILES string of the molecule is CC(=O)NC(CS)C(=O)O.CCC(=O)O[C@@H]1[C@@H](O[C@@H]2[C@@H](C)[C@H](O[C@H]3C[C@@](C)(OC)[C@@H](O)[C@H](C)O3)[C@@H](C)C(=O)O[C@H](CC)[C@@](C)(O)[C@H](O)[C@@H](C)C(=O)[C@H](C)C[C@@]2(C)O)O[C@@H](C)C[C@H]1N(C)C. The van der Waals surface area contributed by atoms with Gasteiger partial charge in [0.2, 0.25) is 5.91 Å². The van der Waals surface area contributed by atoms with Crippen LogP contribution in [0.25, 0.3) is 0 Å². The molecule has 20 heteroatoms. The number of amides is 1. The highest BCUT2D eigenvalue weighted by molar-refractivity contribution is 7.80. The van der Waals surface area contributed by atoms with Crippen molar-refractivity contribution in [3.63, 3.8) is 0 Å². The average Bonchev–Trinajstić information content (AvgIpc) is 3.23. The van der Waals surface area contributed by atoms with Crippen molar-refractivity contribution in [2.45, 2.75) is 205 Å². The minimum atomic E-state index is -2.01. The van der Waals surface area contributed by atoms with Crippen LogP contribution in [0.3, 0.4) is 0 Å². The fourth-order valence-corrected chi connectivity index (χ4v) is 9.43. The number of carboxylic acid groups (broad SMARTS) is 1. The maximum atomic E-state index is 14.2. The van der Waals surface area contributed by atoms with Gasteiger partial charge in [0.1, 0.15) is 29.6 Å². The molecular formula is C45H80N2O17S. The second kappa shape index (κ2) is 24.7. The molecule has 0 radical (unpaired) electrons. The van der Waals surface area contributed by atoms with Gasteiger partial charge in [0.15, 0.2) is 18.7 Å². The van der Waals surface area contributed by atoms with Crippen LogP contribution in [-0.4, -0.2) is 177 Å². The third kappa shape index (κ3) is 15.0. The fourth-order valence-electron chi connectivity index (χ4n) is 9.19. The van der Waals surface area contributed by atoms with Gasteiger partial charge in [-0.3, -0.25) is 19.2 Å². The Bertz CT molecular complexity index is 1580. The number of ketones is 1. The molecule has 0 bridgehead atoms. The molecule has 3 saturated heterocycles. The lowest BCUT2D eigenvalue weighted by atomic mass is 9.74.